The number of nitrogens with one attached hydrogen (secondary N) is 1. The summed E-state index contributed by atoms with van der Waals surface area (Å²) in [6.07, 6.45) is 11.0. The van der Waals surface area contributed by atoms with E-state index in [1.807, 2.05) is 7.05 Å². The quantitative estimate of drug-likeness (QED) is 0.677. The van der Waals surface area contributed by atoms with Crippen LogP contribution >= 0.6 is 0 Å². The second-order valence-corrected chi connectivity index (χ2v) is 3.95. The van der Waals surface area contributed by atoms with Gasteiger partial charge in [-0.2, -0.15) is 0 Å². The Bertz CT molecular complexity index is 201. The summed E-state index contributed by atoms with van der Waals surface area (Å²) in [5.74, 6) is 2.74. The van der Waals surface area contributed by atoms with Gasteiger partial charge in [-0.1, -0.05) is 12.8 Å². The number of ether oxygens (including phenoxy) is 1. The topological polar surface area (TPSA) is 21.3 Å². The van der Waals surface area contributed by atoms with Crippen molar-refractivity contribution < 1.29 is 4.74 Å². The van der Waals surface area contributed by atoms with Gasteiger partial charge in [-0.15, -0.1) is 12.3 Å². The fraction of sp³-hybridized carbons (Fsp3) is 0.833. The van der Waals surface area contributed by atoms with Crippen molar-refractivity contribution in [2.45, 2.75) is 50.7 Å². The van der Waals surface area contributed by atoms with Crippen LogP contribution in [0.3, 0.4) is 0 Å². The van der Waals surface area contributed by atoms with Gasteiger partial charge in [0.25, 0.3) is 0 Å². The van der Waals surface area contributed by atoms with Crippen molar-refractivity contribution >= 4 is 0 Å². The molecule has 0 aromatic carbocycles. The van der Waals surface area contributed by atoms with Gasteiger partial charge in [0.1, 0.15) is 0 Å². The Labute approximate surface area is 87.4 Å². The smallest absolute Gasteiger partial charge is 0.0843 e. The molecule has 1 aliphatic rings. The summed E-state index contributed by atoms with van der Waals surface area (Å²) < 4.78 is 5.94. The van der Waals surface area contributed by atoms with Crippen LogP contribution in [0.2, 0.25) is 0 Å². The minimum absolute atomic E-state index is 0.00979. The first-order chi connectivity index (χ1) is 6.79. The van der Waals surface area contributed by atoms with Crippen LogP contribution in [-0.4, -0.2) is 25.3 Å². The maximum Gasteiger partial charge on any atom is 0.0843 e. The lowest BCUT2D eigenvalue weighted by atomic mass is 9.90. The third-order valence-corrected chi connectivity index (χ3v) is 3.19. The number of rotatable bonds is 5. The molecule has 0 heterocycles. The van der Waals surface area contributed by atoms with E-state index in [9.17, 15) is 0 Å². The van der Waals surface area contributed by atoms with E-state index < -0.39 is 0 Å². The number of hydrogen-bond acceptors (Lipinski definition) is 2. The molecule has 1 rings (SSSR count). The van der Waals surface area contributed by atoms with Crippen molar-refractivity contribution in [3.63, 3.8) is 0 Å². The highest BCUT2D eigenvalue weighted by Gasteiger charge is 2.40. The van der Waals surface area contributed by atoms with Crippen LogP contribution in [-0.2, 0) is 4.74 Å². The number of hydrogen-bond donors (Lipinski definition) is 1. The maximum absolute atomic E-state index is 5.94. The molecule has 1 unspecified atom stereocenters. The third-order valence-electron chi connectivity index (χ3n) is 3.19. The summed E-state index contributed by atoms with van der Waals surface area (Å²) in [5, 5.41) is 3.30. The number of terminal acetylenes is 1. The molecule has 1 aliphatic carbocycles. The molecule has 0 amide bonds. The summed E-state index contributed by atoms with van der Waals surface area (Å²) in [6, 6.07) is 0.315. The Balaban J connectivity index is 2.68. The summed E-state index contributed by atoms with van der Waals surface area (Å²) in [6.45, 7) is 2.84. The fourth-order valence-corrected chi connectivity index (χ4v) is 2.52. The molecule has 0 radical (unpaired) electrons. The van der Waals surface area contributed by atoms with Gasteiger partial charge in [0.05, 0.1) is 5.60 Å². The predicted molar refractivity (Wildman–Crippen MR) is 59.1 cm³/mol. The van der Waals surface area contributed by atoms with Gasteiger partial charge in [0, 0.05) is 19.1 Å². The van der Waals surface area contributed by atoms with Crippen LogP contribution < -0.4 is 5.32 Å². The molecule has 0 bridgehead atoms. The molecule has 1 atom stereocenters. The molecule has 1 fully saturated rings. The zero-order valence-electron chi connectivity index (χ0n) is 9.31. The molecule has 1 N–H and O–H groups in total. The monoisotopic (exact) mass is 195 g/mol. The Morgan fingerprint density at radius 3 is 2.57 bits per heavy atom. The predicted octanol–water partition coefficient (Wildman–Crippen LogP) is 1.95. The SMILES string of the molecule is C#CCC(NC)C1(OCC)CCCC1. The molecule has 80 valence electrons. The summed E-state index contributed by atoms with van der Waals surface area (Å²) in [7, 11) is 1.97. The second kappa shape index (κ2) is 5.38. The molecular weight excluding hydrogens is 174 g/mol. The average Bonchev–Trinajstić information content (AvgIpc) is 2.64. The molecule has 2 heteroatoms. The summed E-state index contributed by atoms with van der Waals surface area (Å²) >= 11 is 0. The molecular formula is C12H21NO. The summed E-state index contributed by atoms with van der Waals surface area (Å²) in [5.41, 5.74) is 0.00979. The van der Waals surface area contributed by atoms with Crippen molar-refractivity contribution in [3.8, 4) is 12.3 Å². The molecule has 0 aromatic heterocycles. The van der Waals surface area contributed by atoms with Gasteiger partial charge in [-0.05, 0) is 26.8 Å². The third kappa shape index (κ3) is 2.29. The molecule has 0 aromatic rings. The minimum Gasteiger partial charge on any atom is -0.374 e. The van der Waals surface area contributed by atoms with E-state index in [4.69, 9.17) is 11.2 Å². The van der Waals surface area contributed by atoms with Crippen LogP contribution in [0, 0.1) is 12.3 Å². The number of likely N-dealkylation sites (N-methyl/N-ethyl adjacent to an activating group) is 1. The lowest BCUT2D eigenvalue weighted by Crippen LogP contribution is -2.49. The molecule has 1 saturated carbocycles. The van der Waals surface area contributed by atoms with Gasteiger partial charge in [0.15, 0.2) is 0 Å². The van der Waals surface area contributed by atoms with E-state index in [1.165, 1.54) is 12.8 Å². The summed E-state index contributed by atoms with van der Waals surface area (Å²) in [4.78, 5) is 0. The normalized spacial score (nSPS) is 21.8. The van der Waals surface area contributed by atoms with Crippen LogP contribution in [0.1, 0.15) is 39.0 Å². The van der Waals surface area contributed by atoms with Crippen LogP contribution in [0.25, 0.3) is 0 Å². The highest BCUT2D eigenvalue weighted by atomic mass is 16.5. The van der Waals surface area contributed by atoms with E-state index in [-0.39, 0.29) is 5.60 Å². The van der Waals surface area contributed by atoms with E-state index in [1.54, 1.807) is 0 Å². The average molecular weight is 195 g/mol. The van der Waals surface area contributed by atoms with E-state index in [0.717, 1.165) is 25.9 Å². The minimum atomic E-state index is 0.00979. The van der Waals surface area contributed by atoms with Crippen LogP contribution in [0.5, 0.6) is 0 Å². The van der Waals surface area contributed by atoms with Gasteiger partial charge in [0.2, 0.25) is 0 Å². The highest BCUT2D eigenvalue weighted by molar-refractivity contribution is 5.02. The van der Waals surface area contributed by atoms with Crippen LogP contribution in [0.4, 0.5) is 0 Å². The standard InChI is InChI=1S/C12H21NO/c1-4-8-11(13-3)12(14-5-2)9-6-7-10-12/h1,11,13H,5-10H2,2-3H3. The first-order valence-electron chi connectivity index (χ1n) is 5.53. The van der Waals surface area contributed by atoms with Crippen molar-refractivity contribution in [2.24, 2.45) is 0 Å². The fourth-order valence-electron chi connectivity index (χ4n) is 2.52. The van der Waals surface area contributed by atoms with E-state index >= 15 is 0 Å². The van der Waals surface area contributed by atoms with Crippen molar-refractivity contribution in [3.05, 3.63) is 0 Å². The van der Waals surface area contributed by atoms with Crippen molar-refractivity contribution in [2.75, 3.05) is 13.7 Å². The van der Waals surface area contributed by atoms with Gasteiger partial charge in [-0.3, -0.25) is 0 Å². The lowest BCUT2D eigenvalue weighted by Gasteiger charge is -2.36. The molecule has 0 aliphatic heterocycles. The van der Waals surface area contributed by atoms with Gasteiger partial charge >= 0.3 is 0 Å². The largest absolute Gasteiger partial charge is 0.374 e. The first-order valence-corrected chi connectivity index (χ1v) is 5.53. The van der Waals surface area contributed by atoms with Gasteiger partial charge in [-0.25, -0.2) is 0 Å². The highest BCUT2D eigenvalue weighted by Crippen LogP contribution is 2.37. The Hall–Kier alpha value is -0.520. The first kappa shape index (κ1) is 11.6. The van der Waals surface area contributed by atoms with E-state index in [2.05, 4.69) is 18.2 Å². The molecule has 14 heavy (non-hydrogen) atoms. The van der Waals surface area contributed by atoms with Gasteiger partial charge < -0.3 is 10.1 Å². The molecule has 0 saturated heterocycles. The lowest BCUT2D eigenvalue weighted by molar-refractivity contribution is -0.0586. The van der Waals surface area contributed by atoms with Crippen LogP contribution in [0.15, 0.2) is 0 Å². The molecule has 0 spiro atoms. The Kier molecular flexibility index (Phi) is 4.44. The maximum atomic E-state index is 5.94. The Morgan fingerprint density at radius 1 is 1.50 bits per heavy atom. The zero-order chi connectivity index (χ0) is 10.4. The zero-order valence-corrected chi connectivity index (χ0v) is 9.31. The van der Waals surface area contributed by atoms with Crippen molar-refractivity contribution in [1.82, 2.24) is 5.32 Å². The second-order valence-electron chi connectivity index (χ2n) is 3.95. The van der Waals surface area contributed by atoms with E-state index in [0.29, 0.717) is 6.04 Å². The van der Waals surface area contributed by atoms with Crippen molar-refractivity contribution in [1.29, 1.82) is 0 Å². The Morgan fingerprint density at radius 2 is 2.14 bits per heavy atom. The molecule has 2 nitrogen and oxygen atoms in total.